The molecule has 0 heterocycles. The second-order valence-electron chi connectivity index (χ2n) is 4.06. The van der Waals surface area contributed by atoms with Crippen molar-refractivity contribution >= 4 is 0 Å². The van der Waals surface area contributed by atoms with Crippen LogP contribution in [-0.2, 0) is 19.3 Å². The van der Waals surface area contributed by atoms with Gasteiger partial charge in [0.2, 0.25) is 0 Å². The quantitative estimate of drug-likeness (QED) is 0.820. The summed E-state index contributed by atoms with van der Waals surface area (Å²) >= 11 is 0. The Morgan fingerprint density at radius 1 is 1.20 bits per heavy atom. The molecular weight excluding hydrogens is 188 g/mol. The molecule has 15 heavy (non-hydrogen) atoms. The van der Waals surface area contributed by atoms with E-state index in [9.17, 15) is 0 Å². The number of aliphatic hydroxyl groups excluding tert-OH is 1. The number of hydrogen-bond acceptors (Lipinski definition) is 2. The van der Waals surface area contributed by atoms with Crippen LogP contribution in [0, 0.1) is 0 Å². The van der Waals surface area contributed by atoms with Crippen molar-refractivity contribution in [3.05, 3.63) is 28.8 Å². The molecule has 1 N–H and O–H groups in total. The SMILES string of the molecule is COc1ccc(CCO)c2c1CCCC2. The molecule has 1 aromatic rings. The molecule has 0 aliphatic heterocycles. The zero-order valence-electron chi connectivity index (χ0n) is 9.25. The lowest BCUT2D eigenvalue weighted by Gasteiger charge is -2.21. The molecule has 1 aromatic carbocycles. The van der Waals surface area contributed by atoms with E-state index in [2.05, 4.69) is 6.07 Å². The van der Waals surface area contributed by atoms with Crippen molar-refractivity contribution in [1.82, 2.24) is 0 Å². The topological polar surface area (TPSA) is 29.5 Å². The van der Waals surface area contributed by atoms with Crippen molar-refractivity contribution < 1.29 is 9.84 Å². The summed E-state index contributed by atoms with van der Waals surface area (Å²) in [4.78, 5) is 0. The normalized spacial score (nSPS) is 14.8. The lowest BCUT2D eigenvalue weighted by atomic mass is 9.86. The summed E-state index contributed by atoms with van der Waals surface area (Å²) in [6.45, 7) is 0.235. The summed E-state index contributed by atoms with van der Waals surface area (Å²) in [7, 11) is 1.73. The van der Waals surface area contributed by atoms with E-state index in [4.69, 9.17) is 9.84 Å². The van der Waals surface area contributed by atoms with Crippen LogP contribution in [0.5, 0.6) is 5.75 Å². The molecule has 0 saturated heterocycles. The zero-order chi connectivity index (χ0) is 10.7. The number of aliphatic hydroxyl groups is 1. The summed E-state index contributed by atoms with van der Waals surface area (Å²) in [5.74, 6) is 1.02. The van der Waals surface area contributed by atoms with Gasteiger partial charge in [-0.3, -0.25) is 0 Å². The molecule has 1 aliphatic carbocycles. The molecule has 82 valence electrons. The molecule has 0 atom stereocenters. The minimum absolute atomic E-state index is 0.235. The number of benzene rings is 1. The average molecular weight is 206 g/mol. The first-order chi connectivity index (χ1) is 7.36. The van der Waals surface area contributed by atoms with Gasteiger partial charge in [-0.25, -0.2) is 0 Å². The van der Waals surface area contributed by atoms with Crippen molar-refractivity contribution in [3.63, 3.8) is 0 Å². The van der Waals surface area contributed by atoms with Crippen LogP contribution >= 0.6 is 0 Å². The maximum absolute atomic E-state index is 9.02. The second kappa shape index (κ2) is 4.67. The molecular formula is C13H18O2. The minimum Gasteiger partial charge on any atom is -0.496 e. The van der Waals surface area contributed by atoms with Gasteiger partial charge in [0.05, 0.1) is 7.11 Å². The highest BCUT2D eigenvalue weighted by molar-refractivity contribution is 5.46. The molecule has 2 rings (SSSR count). The van der Waals surface area contributed by atoms with E-state index in [0.29, 0.717) is 0 Å². The molecule has 1 aliphatic rings. The average Bonchev–Trinajstić information content (AvgIpc) is 2.30. The van der Waals surface area contributed by atoms with Gasteiger partial charge in [-0.15, -0.1) is 0 Å². The van der Waals surface area contributed by atoms with E-state index in [1.807, 2.05) is 6.07 Å². The van der Waals surface area contributed by atoms with Crippen molar-refractivity contribution in [1.29, 1.82) is 0 Å². The second-order valence-corrected chi connectivity index (χ2v) is 4.06. The number of fused-ring (bicyclic) bond motifs is 1. The fourth-order valence-electron chi connectivity index (χ4n) is 2.45. The van der Waals surface area contributed by atoms with E-state index < -0.39 is 0 Å². The molecule has 2 nitrogen and oxygen atoms in total. The van der Waals surface area contributed by atoms with E-state index in [1.54, 1.807) is 7.11 Å². The monoisotopic (exact) mass is 206 g/mol. The molecule has 0 spiro atoms. The highest BCUT2D eigenvalue weighted by Crippen LogP contribution is 2.32. The molecule has 0 aromatic heterocycles. The van der Waals surface area contributed by atoms with Crippen LogP contribution in [0.2, 0.25) is 0 Å². The molecule has 0 fully saturated rings. The number of hydrogen-bond donors (Lipinski definition) is 1. The van der Waals surface area contributed by atoms with Crippen molar-refractivity contribution in [2.75, 3.05) is 13.7 Å². The van der Waals surface area contributed by atoms with Gasteiger partial charge in [-0.05, 0) is 54.9 Å². The third-order valence-electron chi connectivity index (χ3n) is 3.19. The summed E-state index contributed by atoms with van der Waals surface area (Å²) in [5, 5.41) is 9.02. The lowest BCUT2D eigenvalue weighted by molar-refractivity contribution is 0.299. The van der Waals surface area contributed by atoms with Crippen molar-refractivity contribution in [3.8, 4) is 5.75 Å². The molecule has 0 radical (unpaired) electrons. The molecule has 0 bridgehead atoms. The van der Waals surface area contributed by atoms with E-state index in [1.165, 1.54) is 29.5 Å². The number of rotatable bonds is 3. The smallest absolute Gasteiger partial charge is 0.122 e. The predicted octanol–water partition coefficient (Wildman–Crippen LogP) is 2.11. The predicted molar refractivity (Wildman–Crippen MR) is 60.4 cm³/mol. The van der Waals surface area contributed by atoms with Gasteiger partial charge in [-0.2, -0.15) is 0 Å². The molecule has 2 heteroatoms. The largest absolute Gasteiger partial charge is 0.496 e. The first-order valence-corrected chi connectivity index (χ1v) is 5.65. The Kier molecular flexibility index (Phi) is 3.27. The number of methoxy groups -OCH3 is 1. The molecule has 0 unspecified atom stereocenters. The van der Waals surface area contributed by atoms with Gasteiger partial charge in [0, 0.05) is 6.61 Å². The van der Waals surface area contributed by atoms with Gasteiger partial charge >= 0.3 is 0 Å². The van der Waals surface area contributed by atoms with Crippen LogP contribution < -0.4 is 4.74 Å². The first-order valence-electron chi connectivity index (χ1n) is 5.65. The summed E-state index contributed by atoms with van der Waals surface area (Å²) in [5.41, 5.74) is 4.09. The molecule has 0 saturated carbocycles. The Labute approximate surface area is 90.9 Å². The fourth-order valence-corrected chi connectivity index (χ4v) is 2.45. The van der Waals surface area contributed by atoms with Crippen molar-refractivity contribution in [2.45, 2.75) is 32.1 Å². The van der Waals surface area contributed by atoms with Crippen LogP contribution in [0.25, 0.3) is 0 Å². The summed E-state index contributed by atoms with van der Waals surface area (Å²) in [6.07, 6.45) is 5.55. The Bertz CT molecular complexity index is 345. The van der Waals surface area contributed by atoms with Crippen LogP contribution in [0.4, 0.5) is 0 Å². The summed E-state index contributed by atoms with van der Waals surface area (Å²) < 4.78 is 5.38. The third-order valence-corrected chi connectivity index (χ3v) is 3.19. The Hall–Kier alpha value is -1.02. The highest BCUT2D eigenvalue weighted by Gasteiger charge is 2.16. The maximum Gasteiger partial charge on any atom is 0.122 e. The van der Waals surface area contributed by atoms with Gasteiger partial charge < -0.3 is 9.84 Å². The Balaban J connectivity index is 2.42. The first kappa shape index (κ1) is 10.5. The third kappa shape index (κ3) is 2.00. The van der Waals surface area contributed by atoms with Gasteiger partial charge in [0.15, 0.2) is 0 Å². The van der Waals surface area contributed by atoms with E-state index in [0.717, 1.165) is 25.0 Å². The lowest BCUT2D eigenvalue weighted by Crippen LogP contribution is -2.09. The number of ether oxygens (including phenoxy) is 1. The van der Waals surface area contributed by atoms with Crippen molar-refractivity contribution in [2.24, 2.45) is 0 Å². The zero-order valence-corrected chi connectivity index (χ0v) is 9.25. The minimum atomic E-state index is 0.235. The van der Waals surface area contributed by atoms with Crippen LogP contribution in [0.3, 0.4) is 0 Å². The maximum atomic E-state index is 9.02. The highest BCUT2D eigenvalue weighted by atomic mass is 16.5. The fraction of sp³-hybridized carbons (Fsp3) is 0.538. The van der Waals surface area contributed by atoms with Gasteiger partial charge in [-0.1, -0.05) is 6.07 Å². The Morgan fingerprint density at radius 2 is 1.93 bits per heavy atom. The standard InChI is InChI=1S/C13H18O2/c1-15-13-7-6-10(8-9-14)11-4-2-3-5-12(11)13/h6-7,14H,2-5,8-9H2,1H3. The van der Waals surface area contributed by atoms with Crippen LogP contribution in [-0.4, -0.2) is 18.8 Å². The van der Waals surface area contributed by atoms with E-state index in [-0.39, 0.29) is 6.61 Å². The Morgan fingerprint density at radius 3 is 2.60 bits per heavy atom. The summed E-state index contributed by atoms with van der Waals surface area (Å²) in [6, 6.07) is 4.13. The van der Waals surface area contributed by atoms with Crippen LogP contribution in [0.1, 0.15) is 29.5 Å². The van der Waals surface area contributed by atoms with Gasteiger partial charge in [0.1, 0.15) is 5.75 Å². The van der Waals surface area contributed by atoms with Gasteiger partial charge in [0.25, 0.3) is 0 Å². The molecule has 0 amide bonds. The van der Waals surface area contributed by atoms with Crippen LogP contribution in [0.15, 0.2) is 12.1 Å². The van der Waals surface area contributed by atoms with E-state index >= 15 is 0 Å².